The Balaban J connectivity index is 1.32. The molecule has 4 amide bonds. The second-order valence-electron chi connectivity index (χ2n) is 7.28. The minimum atomic E-state index is -0.846. The van der Waals surface area contributed by atoms with Gasteiger partial charge in [0.15, 0.2) is 0 Å². The van der Waals surface area contributed by atoms with Crippen molar-refractivity contribution >= 4 is 35.3 Å². The lowest BCUT2D eigenvalue weighted by Gasteiger charge is -2.35. The van der Waals surface area contributed by atoms with E-state index in [9.17, 15) is 14.4 Å². The Labute approximate surface area is 179 Å². The van der Waals surface area contributed by atoms with Crippen LogP contribution in [-0.4, -0.2) is 64.9 Å². The number of nitrogens with zero attached hydrogens (tertiary/aromatic N) is 4. The van der Waals surface area contributed by atoms with E-state index in [1.807, 2.05) is 18.2 Å². The van der Waals surface area contributed by atoms with Gasteiger partial charge in [0.2, 0.25) is 5.91 Å². The zero-order chi connectivity index (χ0) is 21.1. The maximum atomic E-state index is 12.7. The largest absolute Gasteiger partial charge is 0.353 e. The zero-order valence-corrected chi connectivity index (χ0v) is 17.1. The predicted octanol–water partition coefficient (Wildman–Crippen LogP) is 1.89. The number of amides is 4. The van der Waals surface area contributed by atoms with Crippen LogP contribution in [0, 0.1) is 0 Å². The van der Waals surface area contributed by atoms with Crippen molar-refractivity contribution in [1.29, 1.82) is 0 Å². The molecule has 0 saturated carbocycles. The van der Waals surface area contributed by atoms with Crippen molar-refractivity contribution in [2.24, 2.45) is 0 Å². The summed E-state index contributed by atoms with van der Waals surface area (Å²) in [5, 5.41) is 3.11. The van der Waals surface area contributed by atoms with E-state index in [4.69, 9.17) is 11.6 Å². The number of halogens is 1. The van der Waals surface area contributed by atoms with Crippen molar-refractivity contribution < 1.29 is 14.4 Å². The summed E-state index contributed by atoms with van der Waals surface area (Å²) in [6.07, 6.45) is 1.70. The molecule has 0 bridgehead atoms. The van der Waals surface area contributed by atoms with Crippen molar-refractivity contribution in [3.8, 4) is 0 Å². The summed E-state index contributed by atoms with van der Waals surface area (Å²) in [5.74, 6) is 0.340. The number of rotatable bonds is 5. The van der Waals surface area contributed by atoms with Gasteiger partial charge in [-0.2, -0.15) is 0 Å². The summed E-state index contributed by atoms with van der Waals surface area (Å²) in [5.41, 5.74) is 0.681. The third kappa shape index (κ3) is 4.23. The molecule has 2 aromatic rings. The number of benzene rings is 1. The Kier molecular flexibility index (Phi) is 5.85. The van der Waals surface area contributed by atoms with Crippen LogP contribution in [0.15, 0.2) is 48.7 Å². The number of aromatic nitrogens is 1. The van der Waals surface area contributed by atoms with Crippen molar-refractivity contribution in [3.05, 3.63) is 59.2 Å². The van der Waals surface area contributed by atoms with Gasteiger partial charge >= 0.3 is 6.03 Å². The van der Waals surface area contributed by atoms with Crippen LogP contribution < -0.4 is 10.2 Å². The number of carbonyl (C=O) groups is 3. The molecule has 0 aliphatic carbocycles. The van der Waals surface area contributed by atoms with E-state index in [1.165, 1.54) is 0 Å². The van der Waals surface area contributed by atoms with Gasteiger partial charge in [0.05, 0.1) is 13.0 Å². The number of nitrogens with one attached hydrogen (secondary N) is 1. The summed E-state index contributed by atoms with van der Waals surface area (Å²) >= 11 is 6.14. The molecule has 1 aromatic carbocycles. The van der Waals surface area contributed by atoms with Gasteiger partial charge < -0.3 is 15.1 Å². The molecule has 1 aromatic heterocycles. The monoisotopic (exact) mass is 427 g/mol. The highest BCUT2D eigenvalue weighted by Crippen LogP contribution is 2.21. The number of hydrogen-bond acceptors (Lipinski definition) is 5. The number of pyridine rings is 1. The Morgan fingerprint density at radius 1 is 1.07 bits per heavy atom. The van der Waals surface area contributed by atoms with Crippen LogP contribution in [0.5, 0.6) is 0 Å². The zero-order valence-electron chi connectivity index (χ0n) is 16.3. The molecular weight excluding hydrogens is 406 g/mol. The second-order valence-corrected chi connectivity index (χ2v) is 7.68. The topological polar surface area (TPSA) is 85.8 Å². The van der Waals surface area contributed by atoms with Gasteiger partial charge in [-0.15, -0.1) is 0 Å². The lowest BCUT2D eigenvalue weighted by Crippen LogP contribution is -2.50. The van der Waals surface area contributed by atoms with Gasteiger partial charge in [0.1, 0.15) is 11.9 Å². The first-order valence-electron chi connectivity index (χ1n) is 9.82. The maximum absolute atomic E-state index is 12.7. The molecule has 30 heavy (non-hydrogen) atoms. The molecule has 2 fully saturated rings. The van der Waals surface area contributed by atoms with Crippen LogP contribution in [-0.2, 0) is 16.1 Å². The third-order valence-electron chi connectivity index (χ3n) is 5.38. The van der Waals surface area contributed by atoms with Crippen LogP contribution in [0.3, 0.4) is 0 Å². The summed E-state index contributed by atoms with van der Waals surface area (Å²) in [6, 6.07) is 11.5. The number of imide groups is 1. The number of piperazine rings is 1. The van der Waals surface area contributed by atoms with E-state index < -0.39 is 18.0 Å². The normalized spacial score (nSPS) is 19.2. The number of urea groups is 1. The highest BCUT2D eigenvalue weighted by Gasteiger charge is 2.40. The fraction of sp³-hybridized carbons (Fsp3) is 0.333. The van der Waals surface area contributed by atoms with Gasteiger partial charge in [-0.25, -0.2) is 9.78 Å². The Hall–Kier alpha value is -3.13. The highest BCUT2D eigenvalue weighted by molar-refractivity contribution is 6.31. The minimum absolute atomic E-state index is 0.0484. The molecule has 2 aliphatic heterocycles. The molecule has 2 saturated heterocycles. The van der Waals surface area contributed by atoms with E-state index >= 15 is 0 Å². The minimum Gasteiger partial charge on any atom is -0.353 e. The Bertz CT molecular complexity index is 947. The summed E-state index contributed by atoms with van der Waals surface area (Å²) in [4.78, 5) is 47.0. The van der Waals surface area contributed by atoms with Crippen LogP contribution in [0.25, 0.3) is 0 Å². The highest BCUT2D eigenvalue weighted by atomic mass is 35.5. The first kappa shape index (κ1) is 20.2. The van der Waals surface area contributed by atoms with E-state index in [1.54, 1.807) is 35.4 Å². The quantitative estimate of drug-likeness (QED) is 0.736. The van der Waals surface area contributed by atoms with E-state index in [0.29, 0.717) is 36.8 Å². The van der Waals surface area contributed by atoms with Gasteiger partial charge in [0.25, 0.3) is 5.91 Å². The summed E-state index contributed by atoms with van der Waals surface area (Å²) in [7, 11) is 0. The van der Waals surface area contributed by atoms with E-state index in [0.717, 1.165) is 10.7 Å². The fourth-order valence-corrected chi connectivity index (χ4v) is 3.89. The smallest absolute Gasteiger partial charge is 0.325 e. The van der Waals surface area contributed by atoms with Gasteiger partial charge in [0, 0.05) is 37.4 Å². The summed E-state index contributed by atoms with van der Waals surface area (Å²) < 4.78 is 0. The Morgan fingerprint density at radius 3 is 2.50 bits per heavy atom. The van der Waals surface area contributed by atoms with Gasteiger partial charge in [-0.05, 0) is 23.8 Å². The molecule has 156 valence electrons. The first-order chi connectivity index (χ1) is 14.5. The molecule has 1 N–H and O–H groups in total. The van der Waals surface area contributed by atoms with E-state index in [-0.39, 0.29) is 18.9 Å². The average Bonchev–Trinajstić information content (AvgIpc) is 3.03. The molecule has 0 spiro atoms. The SMILES string of the molecule is O=C(CC1NC(=O)N(Cc2ccccc2Cl)C1=O)N1CCN(c2ccccn2)CC1. The van der Waals surface area contributed by atoms with Crippen LogP contribution in [0.4, 0.5) is 10.6 Å². The van der Waals surface area contributed by atoms with Crippen molar-refractivity contribution in [1.82, 2.24) is 20.1 Å². The number of anilines is 1. The maximum Gasteiger partial charge on any atom is 0.325 e. The lowest BCUT2D eigenvalue weighted by atomic mass is 10.1. The molecule has 1 unspecified atom stereocenters. The molecule has 9 heteroatoms. The molecular formula is C21H22ClN5O3. The molecule has 2 aliphatic rings. The number of carbonyl (C=O) groups excluding carboxylic acids is 3. The molecule has 3 heterocycles. The predicted molar refractivity (Wildman–Crippen MR) is 112 cm³/mol. The molecule has 4 rings (SSSR count). The van der Waals surface area contributed by atoms with Crippen LogP contribution >= 0.6 is 11.6 Å². The van der Waals surface area contributed by atoms with Gasteiger partial charge in [-0.3, -0.25) is 14.5 Å². The van der Waals surface area contributed by atoms with E-state index in [2.05, 4.69) is 15.2 Å². The Morgan fingerprint density at radius 2 is 1.80 bits per heavy atom. The molecule has 8 nitrogen and oxygen atoms in total. The average molecular weight is 428 g/mol. The number of hydrogen-bond donors (Lipinski definition) is 1. The lowest BCUT2D eigenvalue weighted by molar-refractivity contribution is -0.136. The van der Waals surface area contributed by atoms with Gasteiger partial charge in [-0.1, -0.05) is 35.9 Å². The first-order valence-corrected chi connectivity index (χ1v) is 10.2. The fourth-order valence-electron chi connectivity index (χ4n) is 3.69. The second kappa shape index (κ2) is 8.71. The van der Waals surface area contributed by atoms with Crippen molar-refractivity contribution in [3.63, 3.8) is 0 Å². The molecule has 0 radical (unpaired) electrons. The summed E-state index contributed by atoms with van der Waals surface area (Å²) in [6.45, 7) is 2.53. The van der Waals surface area contributed by atoms with Crippen LogP contribution in [0.1, 0.15) is 12.0 Å². The molecule has 1 atom stereocenters. The standard InChI is InChI=1S/C21H22ClN5O3/c22-16-6-2-1-5-15(16)14-27-20(29)17(24-21(27)30)13-19(28)26-11-9-25(10-12-26)18-7-3-4-8-23-18/h1-8,17H,9-14H2,(H,24,30). The third-order valence-corrected chi connectivity index (χ3v) is 5.75. The van der Waals surface area contributed by atoms with Crippen molar-refractivity contribution in [2.45, 2.75) is 19.0 Å². The van der Waals surface area contributed by atoms with Crippen molar-refractivity contribution in [2.75, 3.05) is 31.1 Å². The van der Waals surface area contributed by atoms with Crippen LogP contribution in [0.2, 0.25) is 5.02 Å².